The van der Waals surface area contributed by atoms with Gasteiger partial charge in [0.15, 0.2) is 17.2 Å². The number of imidazole rings is 2. The fraction of sp³-hybridized carbons (Fsp3) is 0.120. The Morgan fingerprint density at radius 2 is 0.934 bits per heavy atom. The maximum Gasteiger partial charge on any atom is 0.402 e. The van der Waals surface area contributed by atoms with Gasteiger partial charge in [-0.05, 0) is 78.6 Å². The van der Waals surface area contributed by atoms with Gasteiger partial charge in [-0.3, -0.25) is 4.79 Å². The molecule has 4 aliphatic heterocycles. The molecule has 4 aliphatic rings. The molecule has 0 bridgehead atoms. The number of carbonyl (C=O) groups excluding carboxylic acids is 6. The highest BCUT2D eigenvalue weighted by molar-refractivity contribution is 6.16. The highest BCUT2D eigenvalue weighted by Gasteiger charge is 2.56. The number of cyclic esters (lactones) is 4. The number of hydrogen-bond donors (Lipinski definition) is 2. The summed E-state index contributed by atoms with van der Waals surface area (Å²) in [6, 6.07) is 19.8. The number of allylic oxidation sites excluding steroid dienone is 2. The Labute approximate surface area is 420 Å². The summed E-state index contributed by atoms with van der Waals surface area (Å²) in [5.74, 6) is -6.17. The number of esters is 4. The number of fused-ring (bicyclic) bond motifs is 8. The first kappa shape index (κ1) is 51.1. The van der Waals surface area contributed by atoms with Gasteiger partial charge in [-0.25, -0.2) is 33.5 Å². The summed E-state index contributed by atoms with van der Waals surface area (Å²) in [6.45, 7) is 16.4. The van der Waals surface area contributed by atoms with E-state index in [9.17, 15) is 65.6 Å². The molecule has 4 aromatic carbocycles. The SMILES string of the molecule is CC(c1ccc2c(c1)C(=O)OC2=O)(c1ccc2c(c1)C(=O)OC2=O)C(F)(F)F.N#C/C(N)=C(/N)C#N.[C-]#[N+]c1nc2n(c1[N+]#[C-])C(=O)c1ccc(C(C)(c3ccc4c(c3)C(=O)n3c-4nc(C#N)c3C#N)C(F)(F)F)cc1-2. The number of aromatic nitrogens is 4. The summed E-state index contributed by atoms with van der Waals surface area (Å²) in [7, 11) is 0. The van der Waals surface area contributed by atoms with E-state index < -0.39 is 58.9 Å². The lowest BCUT2D eigenvalue weighted by Crippen LogP contribution is -2.41. The molecular formula is C50H22F6N12O8. The van der Waals surface area contributed by atoms with Crippen molar-refractivity contribution >= 4 is 47.3 Å². The molecule has 0 fully saturated rings. The summed E-state index contributed by atoms with van der Waals surface area (Å²) < 4.78 is 97.8. The molecule has 20 nitrogen and oxygen atoms in total. The van der Waals surface area contributed by atoms with Crippen molar-refractivity contribution in [2.75, 3.05) is 0 Å². The van der Waals surface area contributed by atoms with Crippen molar-refractivity contribution in [2.24, 2.45) is 11.5 Å². The molecule has 6 heterocycles. The normalized spacial score (nSPS) is 14.5. The lowest BCUT2D eigenvalue weighted by molar-refractivity contribution is -0.173. The van der Waals surface area contributed by atoms with E-state index in [0.29, 0.717) is 0 Å². The van der Waals surface area contributed by atoms with Crippen LogP contribution in [0, 0.1) is 58.5 Å². The zero-order valence-electron chi connectivity index (χ0n) is 38.1. The molecule has 1 atom stereocenters. The first-order valence-corrected chi connectivity index (χ1v) is 21.0. The van der Waals surface area contributed by atoms with Crippen molar-refractivity contribution in [2.45, 2.75) is 37.0 Å². The van der Waals surface area contributed by atoms with Gasteiger partial charge >= 0.3 is 48.0 Å². The molecule has 26 heteroatoms. The average Bonchev–Trinajstić information content (AvgIpc) is 4.23. The molecule has 0 aliphatic carbocycles. The van der Waals surface area contributed by atoms with E-state index in [0.717, 1.165) is 77.6 Å². The van der Waals surface area contributed by atoms with Gasteiger partial charge in [0.1, 0.15) is 46.5 Å². The second-order valence-electron chi connectivity index (χ2n) is 16.6. The quantitative estimate of drug-likeness (QED) is 0.0567. The van der Waals surface area contributed by atoms with Crippen molar-refractivity contribution in [3.63, 3.8) is 0 Å². The van der Waals surface area contributed by atoms with Gasteiger partial charge in [0.2, 0.25) is 0 Å². The van der Waals surface area contributed by atoms with Crippen LogP contribution in [-0.2, 0) is 20.3 Å². The number of nitriles is 4. The first-order chi connectivity index (χ1) is 35.8. The predicted molar refractivity (Wildman–Crippen MR) is 241 cm³/mol. The Bertz CT molecular complexity index is 3930. The molecule has 76 heavy (non-hydrogen) atoms. The predicted octanol–water partition coefficient (Wildman–Crippen LogP) is 7.47. The summed E-state index contributed by atoms with van der Waals surface area (Å²) in [5, 5.41) is 34.6. The average molecular weight is 1030 g/mol. The van der Waals surface area contributed by atoms with Crippen LogP contribution in [0.5, 0.6) is 0 Å². The third-order valence-electron chi connectivity index (χ3n) is 12.8. The fourth-order valence-electron chi connectivity index (χ4n) is 8.52. The summed E-state index contributed by atoms with van der Waals surface area (Å²) in [4.78, 5) is 87.1. The zero-order valence-corrected chi connectivity index (χ0v) is 38.1. The monoisotopic (exact) mass is 1030 g/mol. The van der Waals surface area contributed by atoms with Crippen LogP contribution in [0.3, 0.4) is 0 Å². The van der Waals surface area contributed by atoms with Crippen LogP contribution in [0.15, 0.2) is 84.2 Å². The Hall–Kier alpha value is -11.2. The molecule has 4 N–H and O–H groups in total. The lowest BCUT2D eigenvalue weighted by Gasteiger charge is -2.33. The van der Waals surface area contributed by atoms with Crippen LogP contribution >= 0.6 is 0 Å². The molecular weight excluding hydrogens is 1010 g/mol. The van der Waals surface area contributed by atoms with Crippen molar-refractivity contribution in [1.29, 1.82) is 21.0 Å². The third kappa shape index (κ3) is 7.50. The molecule has 6 aromatic rings. The molecule has 10 rings (SSSR count). The molecule has 1 unspecified atom stereocenters. The van der Waals surface area contributed by atoms with E-state index >= 15 is 0 Å². The number of nitrogens with two attached hydrogens (primary N) is 2. The molecule has 0 saturated carbocycles. The maximum absolute atomic E-state index is 14.9. The highest BCUT2D eigenvalue weighted by atomic mass is 19.4. The number of ether oxygens (including phenoxy) is 2. The van der Waals surface area contributed by atoms with Crippen molar-refractivity contribution in [3.05, 3.63) is 174 Å². The number of nitrogens with zero attached hydrogens (tertiary/aromatic N) is 10. The van der Waals surface area contributed by atoms with E-state index in [1.54, 1.807) is 12.1 Å². The first-order valence-electron chi connectivity index (χ1n) is 21.0. The van der Waals surface area contributed by atoms with Gasteiger partial charge in [-0.15, -0.1) is 0 Å². The second kappa shape index (κ2) is 17.8. The van der Waals surface area contributed by atoms with E-state index in [4.69, 9.17) is 35.1 Å². The summed E-state index contributed by atoms with van der Waals surface area (Å²) in [6.07, 6.45) is -9.73. The molecule has 0 amide bonds. The van der Waals surface area contributed by atoms with Gasteiger partial charge in [0, 0.05) is 5.56 Å². The van der Waals surface area contributed by atoms with E-state index in [1.165, 1.54) is 30.3 Å². The summed E-state index contributed by atoms with van der Waals surface area (Å²) in [5.41, 5.74) is 1.54. The fourth-order valence-corrected chi connectivity index (χ4v) is 8.52. The standard InChI is InChI=1S/C27H9F3N8O2.C19H9F3O6.C4H4N4/c1-26(27(28,29)30,12-5-7-15-16(8-12)22-36-20(33-2)23(34-3)38(22)24(15)39)13-4-6-14-17(9-13)25(40)37-19(11-32)18(10-31)35-21(14)37;1-18(19(20,21)22,8-2-4-10-12(6-8)16(25)27-14(10)23)9-3-5-11-13(7-9)17(26)28-15(11)24;5-1-3(7)4(8)2-6/h4-9H,1H3;2-7H,1H3;7-8H2/b;;4-3-. The second-order valence-corrected chi connectivity index (χ2v) is 16.6. The number of benzene rings is 4. The number of rotatable bonds is 4. The zero-order chi connectivity index (χ0) is 55.7. The number of halogens is 6. The Morgan fingerprint density at radius 1 is 0.539 bits per heavy atom. The van der Waals surface area contributed by atoms with Gasteiger partial charge < -0.3 is 30.6 Å². The maximum atomic E-state index is 14.9. The van der Waals surface area contributed by atoms with Crippen molar-refractivity contribution in [3.8, 4) is 47.1 Å². The van der Waals surface area contributed by atoms with Crippen LogP contribution in [-0.4, -0.2) is 67.1 Å². The topological polar surface area (TPSA) is 312 Å². The van der Waals surface area contributed by atoms with Crippen LogP contribution in [0.25, 0.3) is 32.5 Å². The van der Waals surface area contributed by atoms with E-state index in [-0.39, 0.29) is 113 Å². The van der Waals surface area contributed by atoms with Crippen LogP contribution in [0.2, 0.25) is 0 Å². The van der Waals surface area contributed by atoms with Crippen LogP contribution < -0.4 is 11.5 Å². The number of alkyl halides is 6. The molecule has 2 aromatic heterocycles. The van der Waals surface area contributed by atoms with Crippen LogP contribution in [0.1, 0.15) is 110 Å². The Morgan fingerprint density at radius 3 is 1.34 bits per heavy atom. The Kier molecular flexibility index (Phi) is 12.0. The van der Waals surface area contributed by atoms with Gasteiger partial charge in [0.25, 0.3) is 17.5 Å². The Balaban J connectivity index is 0.000000184. The van der Waals surface area contributed by atoms with Gasteiger partial charge in [-0.1, -0.05) is 48.5 Å². The highest BCUT2D eigenvalue weighted by Crippen LogP contribution is 2.51. The summed E-state index contributed by atoms with van der Waals surface area (Å²) >= 11 is 0. The lowest BCUT2D eigenvalue weighted by atomic mass is 9.74. The molecule has 0 saturated heterocycles. The number of carbonyl (C=O) groups is 6. The third-order valence-corrected chi connectivity index (χ3v) is 12.8. The minimum Gasteiger partial charge on any atom is -0.388 e. The molecule has 0 radical (unpaired) electrons. The molecule has 372 valence electrons. The largest absolute Gasteiger partial charge is 0.402 e. The van der Waals surface area contributed by atoms with Crippen LogP contribution in [0.4, 0.5) is 38.0 Å². The van der Waals surface area contributed by atoms with Crippen molar-refractivity contribution < 1.29 is 64.6 Å². The van der Waals surface area contributed by atoms with E-state index in [1.807, 2.05) is 0 Å². The number of hydrogen-bond acceptors (Lipinski definition) is 16. The smallest absolute Gasteiger partial charge is 0.388 e. The van der Waals surface area contributed by atoms with Gasteiger partial charge in [0.05, 0.1) is 38.9 Å². The molecule has 0 spiro atoms. The van der Waals surface area contributed by atoms with E-state index in [2.05, 4.69) is 29.1 Å². The minimum absolute atomic E-state index is 0.0116. The van der Waals surface area contributed by atoms with Crippen molar-refractivity contribution in [1.82, 2.24) is 19.1 Å². The van der Waals surface area contributed by atoms with Gasteiger partial charge in [-0.2, -0.15) is 52.0 Å². The minimum atomic E-state index is -4.89.